The Bertz CT molecular complexity index is 209. The van der Waals surface area contributed by atoms with Crippen molar-refractivity contribution in [2.45, 2.75) is 19.5 Å². The van der Waals surface area contributed by atoms with Crippen molar-refractivity contribution < 1.29 is 18.0 Å². The summed E-state index contributed by atoms with van der Waals surface area (Å²) in [7, 11) is 0. The number of rotatable bonds is 7. The van der Waals surface area contributed by atoms with E-state index in [9.17, 15) is 18.0 Å². The Hall–Kier alpha value is -0.820. The van der Waals surface area contributed by atoms with E-state index in [4.69, 9.17) is 5.73 Å². The summed E-state index contributed by atoms with van der Waals surface area (Å²) in [5, 5.41) is 2.52. The molecule has 0 aliphatic rings. The molecule has 0 heterocycles. The van der Waals surface area contributed by atoms with Gasteiger partial charge in [0, 0.05) is 19.6 Å². The van der Waals surface area contributed by atoms with Crippen LogP contribution in [0.5, 0.6) is 0 Å². The lowest BCUT2D eigenvalue weighted by Crippen LogP contribution is -2.44. The number of nitrogens with two attached hydrogens (primary N) is 1. The third-order valence-electron chi connectivity index (χ3n) is 1.79. The van der Waals surface area contributed by atoms with E-state index in [1.165, 1.54) is 0 Å². The van der Waals surface area contributed by atoms with E-state index in [1.807, 2.05) is 6.92 Å². The SMILES string of the molecule is CCCNC(=O)CN(CCN)CC(F)(F)F. The number of hydrogen-bond donors (Lipinski definition) is 2. The average Bonchev–Trinajstić information content (AvgIpc) is 2.12. The molecule has 0 aliphatic heterocycles. The van der Waals surface area contributed by atoms with Crippen molar-refractivity contribution in [3.8, 4) is 0 Å². The first kappa shape index (κ1) is 15.2. The molecular formula is C9H18F3N3O. The topological polar surface area (TPSA) is 58.4 Å². The fraction of sp³-hybridized carbons (Fsp3) is 0.889. The van der Waals surface area contributed by atoms with Crippen LogP contribution in [0, 0.1) is 0 Å². The third kappa shape index (κ3) is 8.49. The molecule has 0 aromatic heterocycles. The molecule has 0 fully saturated rings. The zero-order chi connectivity index (χ0) is 12.6. The molecule has 0 aromatic carbocycles. The number of halogens is 3. The molecule has 0 spiro atoms. The Labute approximate surface area is 93.0 Å². The van der Waals surface area contributed by atoms with E-state index in [-0.39, 0.29) is 19.6 Å². The van der Waals surface area contributed by atoms with Gasteiger partial charge in [-0.1, -0.05) is 6.92 Å². The van der Waals surface area contributed by atoms with E-state index in [1.54, 1.807) is 0 Å². The van der Waals surface area contributed by atoms with Crippen molar-refractivity contribution in [1.82, 2.24) is 10.2 Å². The molecule has 0 rings (SSSR count). The number of nitrogens with zero attached hydrogens (tertiary/aromatic N) is 1. The average molecular weight is 241 g/mol. The molecular weight excluding hydrogens is 223 g/mol. The molecule has 7 heteroatoms. The molecule has 1 amide bonds. The molecule has 0 aromatic rings. The molecule has 0 radical (unpaired) electrons. The minimum absolute atomic E-state index is 0.0546. The molecule has 4 nitrogen and oxygen atoms in total. The van der Waals surface area contributed by atoms with Crippen LogP contribution in [0.1, 0.15) is 13.3 Å². The van der Waals surface area contributed by atoms with Crippen molar-refractivity contribution >= 4 is 5.91 Å². The molecule has 0 unspecified atom stereocenters. The third-order valence-corrected chi connectivity index (χ3v) is 1.79. The molecule has 96 valence electrons. The highest BCUT2D eigenvalue weighted by atomic mass is 19.4. The number of carbonyl (C=O) groups is 1. The van der Waals surface area contributed by atoms with Gasteiger partial charge < -0.3 is 11.1 Å². The molecule has 3 N–H and O–H groups in total. The van der Waals surface area contributed by atoms with E-state index >= 15 is 0 Å². The second-order valence-electron chi connectivity index (χ2n) is 3.46. The predicted octanol–water partition coefficient (Wildman–Crippen LogP) is 0.336. The summed E-state index contributed by atoms with van der Waals surface area (Å²) < 4.78 is 36.4. The summed E-state index contributed by atoms with van der Waals surface area (Å²) in [4.78, 5) is 12.2. The Balaban J connectivity index is 4.06. The first-order valence-corrected chi connectivity index (χ1v) is 5.15. The summed E-state index contributed by atoms with van der Waals surface area (Å²) in [6, 6.07) is 0. The van der Waals surface area contributed by atoms with Gasteiger partial charge in [0.1, 0.15) is 0 Å². The zero-order valence-electron chi connectivity index (χ0n) is 9.31. The van der Waals surface area contributed by atoms with Gasteiger partial charge in [0.25, 0.3) is 0 Å². The van der Waals surface area contributed by atoms with Crippen LogP contribution in [0.3, 0.4) is 0 Å². The first-order chi connectivity index (χ1) is 7.39. The monoisotopic (exact) mass is 241 g/mol. The highest BCUT2D eigenvalue weighted by Gasteiger charge is 2.31. The van der Waals surface area contributed by atoms with E-state index in [0.29, 0.717) is 6.54 Å². The summed E-state index contributed by atoms with van der Waals surface area (Å²) in [5.41, 5.74) is 5.18. The summed E-state index contributed by atoms with van der Waals surface area (Å²) in [5.74, 6) is -0.403. The van der Waals surface area contributed by atoms with Gasteiger partial charge in [0.2, 0.25) is 5.91 Å². The largest absolute Gasteiger partial charge is 0.401 e. The summed E-state index contributed by atoms with van der Waals surface area (Å²) in [6.45, 7) is 1.12. The molecule has 0 saturated heterocycles. The fourth-order valence-electron chi connectivity index (χ4n) is 1.17. The summed E-state index contributed by atoms with van der Waals surface area (Å²) in [6.07, 6.45) is -3.55. The van der Waals surface area contributed by atoms with E-state index in [0.717, 1.165) is 11.3 Å². The smallest absolute Gasteiger partial charge is 0.355 e. The highest BCUT2D eigenvalue weighted by molar-refractivity contribution is 5.77. The molecule has 0 saturated carbocycles. The number of hydrogen-bond acceptors (Lipinski definition) is 3. The second kappa shape index (κ2) is 7.45. The van der Waals surface area contributed by atoms with Crippen molar-refractivity contribution in [2.24, 2.45) is 5.73 Å². The van der Waals surface area contributed by atoms with Gasteiger partial charge in [-0.25, -0.2) is 0 Å². The number of amides is 1. The predicted molar refractivity (Wildman–Crippen MR) is 54.9 cm³/mol. The lowest BCUT2D eigenvalue weighted by Gasteiger charge is -2.22. The van der Waals surface area contributed by atoms with Crippen molar-refractivity contribution in [3.05, 3.63) is 0 Å². The maximum absolute atomic E-state index is 12.1. The van der Waals surface area contributed by atoms with Gasteiger partial charge in [-0.05, 0) is 6.42 Å². The van der Waals surface area contributed by atoms with Crippen molar-refractivity contribution in [2.75, 3.05) is 32.7 Å². The lowest BCUT2D eigenvalue weighted by atomic mass is 10.4. The minimum Gasteiger partial charge on any atom is -0.355 e. The maximum Gasteiger partial charge on any atom is 0.401 e. The number of nitrogens with one attached hydrogen (secondary N) is 1. The Morgan fingerprint density at radius 1 is 1.44 bits per heavy atom. The second-order valence-corrected chi connectivity index (χ2v) is 3.46. The van der Waals surface area contributed by atoms with Gasteiger partial charge in [-0.15, -0.1) is 0 Å². The molecule has 16 heavy (non-hydrogen) atoms. The van der Waals surface area contributed by atoms with Gasteiger partial charge in [-0.2, -0.15) is 13.2 Å². The van der Waals surface area contributed by atoms with Crippen molar-refractivity contribution in [1.29, 1.82) is 0 Å². The number of carbonyl (C=O) groups excluding carboxylic acids is 1. The van der Waals surface area contributed by atoms with Crippen LogP contribution in [0.15, 0.2) is 0 Å². The molecule has 0 aliphatic carbocycles. The van der Waals surface area contributed by atoms with Crippen LogP contribution in [0.2, 0.25) is 0 Å². The highest BCUT2D eigenvalue weighted by Crippen LogP contribution is 2.15. The van der Waals surface area contributed by atoms with Crippen LogP contribution < -0.4 is 11.1 Å². The zero-order valence-corrected chi connectivity index (χ0v) is 9.31. The van der Waals surface area contributed by atoms with Crippen LogP contribution in [0.25, 0.3) is 0 Å². The lowest BCUT2D eigenvalue weighted by molar-refractivity contribution is -0.148. The normalized spacial score (nSPS) is 11.9. The van der Waals surface area contributed by atoms with E-state index < -0.39 is 18.6 Å². The molecule has 0 atom stereocenters. The Morgan fingerprint density at radius 2 is 2.06 bits per heavy atom. The van der Waals surface area contributed by atoms with Crippen LogP contribution in [-0.4, -0.2) is 49.7 Å². The van der Waals surface area contributed by atoms with Crippen LogP contribution in [0.4, 0.5) is 13.2 Å². The Morgan fingerprint density at radius 3 is 2.50 bits per heavy atom. The van der Waals surface area contributed by atoms with Gasteiger partial charge >= 0.3 is 6.18 Å². The van der Waals surface area contributed by atoms with Crippen LogP contribution in [-0.2, 0) is 4.79 Å². The number of alkyl halides is 3. The standard InChI is InChI=1S/C9H18F3N3O/c1-2-4-14-8(16)6-15(5-3-13)7-9(10,11)12/h2-7,13H2,1H3,(H,14,16). The Kier molecular flexibility index (Phi) is 7.07. The first-order valence-electron chi connectivity index (χ1n) is 5.15. The maximum atomic E-state index is 12.1. The fourth-order valence-corrected chi connectivity index (χ4v) is 1.17. The molecule has 0 bridgehead atoms. The van der Waals surface area contributed by atoms with E-state index in [2.05, 4.69) is 5.32 Å². The quantitative estimate of drug-likeness (QED) is 0.675. The van der Waals surface area contributed by atoms with Crippen molar-refractivity contribution in [3.63, 3.8) is 0 Å². The minimum atomic E-state index is -4.31. The van der Waals surface area contributed by atoms with Gasteiger partial charge in [0.15, 0.2) is 0 Å². The van der Waals surface area contributed by atoms with Gasteiger partial charge in [-0.3, -0.25) is 9.69 Å². The van der Waals surface area contributed by atoms with Gasteiger partial charge in [0.05, 0.1) is 13.1 Å². The van der Waals surface area contributed by atoms with Crippen LogP contribution >= 0.6 is 0 Å². The summed E-state index contributed by atoms with van der Waals surface area (Å²) >= 11 is 0.